The third kappa shape index (κ3) is 5.37. The summed E-state index contributed by atoms with van der Waals surface area (Å²) in [5.41, 5.74) is 5.51. The van der Waals surface area contributed by atoms with Crippen LogP contribution in [0, 0.1) is 0 Å². The van der Waals surface area contributed by atoms with Crippen molar-refractivity contribution in [2.24, 2.45) is 5.73 Å². The Morgan fingerprint density at radius 1 is 1.29 bits per heavy atom. The first-order valence-electron chi connectivity index (χ1n) is 6.61. The summed E-state index contributed by atoms with van der Waals surface area (Å²) in [7, 11) is 0. The molecule has 0 aromatic rings. The van der Waals surface area contributed by atoms with Gasteiger partial charge in [-0.3, -0.25) is 0 Å². The van der Waals surface area contributed by atoms with Crippen LogP contribution in [0.4, 0.5) is 4.79 Å². The highest BCUT2D eigenvalue weighted by atomic mass is 16.2. The first kappa shape index (κ1) is 14.3. The number of hydrogen-bond acceptors (Lipinski definition) is 3. The van der Waals surface area contributed by atoms with Crippen molar-refractivity contribution in [3.8, 4) is 0 Å². The second kappa shape index (κ2) is 7.50. The number of nitrogens with zero attached hydrogens (tertiary/aromatic N) is 2. The fourth-order valence-electron chi connectivity index (χ4n) is 2.05. The molecule has 1 saturated heterocycles. The topological polar surface area (TPSA) is 61.6 Å². The maximum atomic E-state index is 11.9. The number of hydrogen-bond donors (Lipinski definition) is 2. The standard InChI is InChI=1S/C12H26N4O/c1-11(2)14-12(17)16-8-4-7-15(9-10-16)6-3-5-13/h11H,3-10,13H2,1-2H3,(H,14,17). The fourth-order valence-corrected chi connectivity index (χ4v) is 2.05. The number of amides is 2. The van der Waals surface area contributed by atoms with Crippen LogP contribution in [0.2, 0.25) is 0 Å². The lowest BCUT2D eigenvalue weighted by atomic mass is 10.3. The maximum Gasteiger partial charge on any atom is 0.317 e. The smallest absolute Gasteiger partial charge is 0.317 e. The summed E-state index contributed by atoms with van der Waals surface area (Å²) >= 11 is 0. The van der Waals surface area contributed by atoms with Gasteiger partial charge in [0, 0.05) is 25.7 Å². The maximum absolute atomic E-state index is 11.9. The number of urea groups is 1. The van der Waals surface area contributed by atoms with Crippen molar-refractivity contribution in [3.63, 3.8) is 0 Å². The molecule has 2 amide bonds. The molecule has 0 bridgehead atoms. The zero-order valence-corrected chi connectivity index (χ0v) is 11.1. The summed E-state index contributed by atoms with van der Waals surface area (Å²) in [5, 5.41) is 2.95. The van der Waals surface area contributed by atoms with Gasteiger partial charge in [-0.05, 0) is 46.3 Å². The van der Waals surface area contributed by atoms with Gasteiger partial charge in [-0.1, -0.05) is 0 Å². The third-order valence-corrected chi connectivity index (χ3v) is 2.97. The minimum absolute atomic E-state index is 0.0701. The van der Waals surface area contributed by atoms with Gasteiger partial charge in [0.05, 0.1) is 0 Å². The molecule has 0 radical (unpaired) electrons. The Bertz CT molecular complexity index is 233. The van der Waals surface area contributed by atoms with Crippen LogP contribution in [-0.2, 0) is 0 Å². The van der Waals surface area contributed by atoms with Crippen LogP contribution in [0.1, 0.15) is 26.7 Å². The van der Waals surface area contributed by atoms with Gasteiger partial charge in [-0.25, -0.2) is 4.79 Å². The molecule has 0 aliphatic carbocycles. The van der Waals surface area contributed by atoms with Crippen LogP contribution < -0.4 is 11.1 Å². The lowest BCUT2D eigenvalue weighted by Crippen LogP contribution is -2.44. The zero-order chi connectivity index (χ0) is 12.7. The van der Waals surface area contributed by atoms with E-state index in [1.807, 2.05) is 18.7 Å². The van der Waals surface area contributed by atoms with Gasteiger partial charge in [0.1, 0.15) is 0 Å². The van der Waals surface area contributed by atoms with Crippen LogP contribution in [0.25, 0.3) is 0 Å². The normalized spacial score (nSPS) is 18.2. The number of carbonyl (C=O) groups excluding carboxylic acids is 1. The molecule has 0 saturated carbocycles. The Morgan fingerprint density at radius 2 is 2.06 bits per heavy atom. The van der Waals surface area contributed by atoms with Gasteiger partial charge in [0.15, 0.2) is 0 Å². The highest BCUT2D eigenvalue weighted by molar-refractivity contribution is 5.74. The highest BCUT2D eigenvalue weighted by Gasteiger charge is 2.18. The first-order chi connectivity index (χ1) is 8.13. The molecule has 0 aromatic carbocycles. The van der Waals surface area contributed by atoms with Gasteiger partial charge >= 0.3 is 6.03 Å². The van der Waals surface area contributed by atoms with Crippen molar-refractivity contribution in [1.82, 2.24) is 15.1 Å². The number of carbonyl (C=O) groups is 1. The highest BCUT2D eigenvalue weighted by Crippen LogP contribution is 2.04. The Balaban J connectivity index is 2.33. The monoisotopic (exact) mass is 242 g/mol. The van der Waals surface area contributed by atoms with E-state index in [2.05, 4.69) is 10.2 Å². The van der Waals surface area contributed by atoms with Crippen LogP contribution in [0.15, 0.2) is 0 Å². The molecule has 3 N–H and O–H groups in total. The van der Waals surface area contributed by atoms with Crippen LogP contribution in [-0.4, -0.2) is 61.1 Å². The summed E-state index contributed by atoms with van der Waals surface area (Å²) in [6, 6.07) is 0.278. The van der Waals surface area contributed by atoms with Gasteiger partial charge in [0.2, 0.25) is 0 Å². The average Bonchev–Trinajstić information content (AvgIpc) is 2.50. The molecule has 100 valence electrons. The van der Waals surface area contributed by atoms with E-state index in [9.17, 15) is 4.79 Å². The molecule has 1 heterocycles. The lowest BCUT2D eigenvalue weighted by Gasteiger charge is -2.23. The molecule has 0 atom stereocenters. The predicted molar refractivity (Wildman–Crippen MR) is 70.0 cm³/mol. The molecule has 0 spiro atoms. The van der Waals surface area contributed by atoms with Crippen LogP contribution >= 0.6 is 0 Å². The van der Waals surface area contributed by atoms with Crippen molar-refractivity contribution in [3.05, 3.63) is 0 Å². The third-order valence-electron chi connectivity index (χ3n) is 2.97. The van der Waals surface area contributed by atoms with Gasteiger partial charge in [-0.15, -0.1) is 0 Å². The molecule has 1 aliphatic heterocycles. The fraction of sp³-hybridized carbons (Fsp3) is 0.917. The van der Waals surface area contributed by atoms with Crippen LogP contribution in [0.3, 0.4) is 0 Å². The zero-order valence-electron chi connectivity index (χ0n) is 11.1. The molecule has 1 fully saturated rings. The number of nitrogens with one attached hydrogen (secondary N) is 1. The van der Waals surface area contributed by atoms with Crippen molar-refractivity contribution in [1.29, 1.82) is 0 Å². The quantitative estimate of drug-likeness (QED) is 0.753. The lowest BCUT2D eigenvalue weighted by molar-refractivity contribution is 0.195. The molecule has 1 rings (SSSR count). The van der Waals surface area contributed by atoms with E-state index in [-0.39, 0.29) is 12.1 Å². The molecule has 5 nitrogen and oxygen atoms in total. The molecule has 0 aromatic heterocycles. The summed E-state index contributed by atoms with van der Waals surface area (Å²) in [5.74, 6) is 0. The minimum atomic E-state index is 0.0701. The molecule has 5 heteroatoms. The van der Waals surface area contributed by atoms with E-state index in [0.29, 0.717) is 0 Å². The minimum Gasteiger partial charge on any atom is -0.336 e. The molecule has 0 unspecified atom stereocenters. The van der Waals surface area contributed by atoms with Gasteiger partial charge in [-0.2, -0.15) is 0 Å². The molecular formula is C12H26N4O. The summed E-state index contributed by atoms with van der Waals surface area (Å²) in [4.78, 5) is 16.2. The molecule has 17 heavy (non-hydrogen) atoms. The van der Waals surface area contributed by atoms with E-state index in [1.165, 1.54) is 0 Å². The first-order valence-corrected chi connectivity index (χ1v) is 6.61. The Kier molecular flexibility index (Phi) is 6.29. The van der Waals surface area contributed by atoms with E-state index in [1.54, 1.807) is 0 Å². The van der Waals surface area contributed by atoms with E-state index < -0.39 is 0 Å². The SMILES string of the molecule is CC(C)NC(=O)N1CCCN(CCCN)CC1. The number of rotatable bonds is 4. The van der Waals surface area contributed by atoms with E-state index >= 15 is 0 Å². The Labute approximate surface area is 104 Å². The second-order valence-electron chi connectivity index (χ2n) is 4.93. The van der Waals surface area contributed by atoms with Gasteiger partial charge in [0.25, 0.3) is 0 Å². The number of nitrogens with two attached hydrogens (primary N) is 1. The molecular weight excluding hydrogens is 216 g/mol. The van der Waals surface area contributed by atoms with Crippen molar-refractivity contribution in [2.75, 3.05) is 39.3 Å². The van der Waals surface area contributed by atoms with Crippen molar-refractivity contribution >= 4 is 6.03 Å². The largest absolute Gasteiger partial charge is 0.336 e. The Hall–Kier alpha value is -0.810. The van der Waals surface area contributed by atoms with E-state index in [4.69, 9.17) is 5.73 Å². The summed E-state index contributed by atoms with van der Waals surface area (Å²) in [6.07, 6.45) is 2.09. The Morgan fingerprint density at radius 3 is 2.71 bits per heavy atom. The van der Waals surface area contributed by atoms with Crippen molar-refractivity contribution in [2.45, 2.75) is 32.7 Å². The second-order valence-corrected chi connectivity index (χ2v) is 4.93. The summed E-state index contributed by atoms with van der Waals surface area (Å²) in [6.45, 7) is 9.49. The van der Waals surface area contributed by atoms with Crippen molar-refractivity contribution < 1.29 is 4.79 Å². The van der Waals surface area contributed by atoms with Gasteiger partial charge < -0.3 is 20.9 Å². The molecule has 1 aliphatic rings. The predicted octanol–water partition coefficient (Wildman–Crippen LogP) is 0.461. The van der Waals surface area contributed by atoms with Crippen LogP contribution in [0.5, 0.6) is 0 Å². The summed E-state index contributed by atoms with van der Waals surface area (Å²) < 4.78 is 0. The average molecular weight is 242 g/mol. The van der Waals surface area contributed by atoms with E-state index in [0.717, 1.165) is 52.1 Å².